The number of aromatic nitrogens is 1. The highest BCUT2D eigenvalue weighted by Gasteiger charge is 2.23. The van der Waals surface area contributed by atoms with Crippen molar-refractivity contribution in [1.82, 2.24) is 9.88 Å². The average molecular weight is 332 g/mol. The van der Waals surface area contributed by atoms with Crippen LogP contribution in [0.3, 0.4) is 0 Å². The summed E-state index contributed by atoms with van der Waals surface area (Å²) in [5.74, 6) is -0.209. The molecule has 0 aliphatic carbocycles. The highest BCUT2D eigenvalue weighted by atomic mass is 19.1. The highest BCUT2D eigenvalue weighted by Crippen LogP contribution is 2.19. The van der Waals surface area contributed by atoms with E-state index in [2.05, 4.69) is 4.98 Å². The van der Waals surface area contributed by atoms with Gasteiger partial charge in [-0.25, -0.2) is 4.39 Å². The fourth-order valence-electron chi connectivity index (χ4n) is 2.79. The van der Waals surface area contributed by atoms with E-state index in [4.69, 9.17) is 0 Å². The molecule has 2 N–H and O–H groups in total. The molecule has 24 heavy (non-hydrogen) atoms. The predicted octanol–water partition coefficient (Wildman–Crippen LogP) is 3.60. The number of carbonyl (C=O) groups excluding carboxylic acids is 1. The van der Waals surface area contributed by atoms with E-state index in [1.54, 1.807) is 17.0 Å². The summed E-state index contributed by atoms with van der Waals surface area (Å²) in [4.78, 5) is 17.6. The number of aromatic amines is 1. The molecule has 1 aromatic carbocycles. The van der Waals surface area contributed by atoms with Crippen molar-refractivity contribution in [3.8, 4) is 0 Å². The Morgan fingerprint density at radius 3 is 2.33 bits per heavy atom. The number of amides is 1. The summed E-state index contributed by atoms with van der Waals surface area (Å²) in [7, 11) is 0. The molecule has 0 aliphatic heterocycles. The van der Waals surface area contributed by atoms with E-state index in [0.29, 0.717) is 17.8 Å². The lowest BCUT2D eigenvalue weighted by molar-refractivity contribution is 0.0589. The minimum absolute atomic E-state index is 0.129. The van der Waals surface area contributed by atoms with Gasteiger partial charge < -0.3 is 15.0 Å². The maximum atomic E-state index is 13.0. The van der Waals surface area contributed by atoms with E-state index in [-0.39, 0.29) is 24.2 Å². The number of benzene rings is 1. The summed E-state index contributed by atoms with van der Waals surface area (Å²) >= 11 is 0. The van der Waals surface area contributed by atoms with Crippen LogP contribution in [0, 0.1) is 25.6 Å². The molecule has 130 valence electrons. The lowest BCUT2D eigenvalue weighted by atomic mass is 10.1. The fourth-order valence-corrected chi connectivity index (χ4v) is 2.79. The molecule has 5 heteroatoms. The van der Waals surface area contributed by atoms with Gasteiger partial charge in [-0.3, -0.25) is 4.79 Å². The zero-order valence-electron chi connectivity index (χ0n) is 14.6. The Labute approximate surface area is 142 Å². The third-order valence-corrected chi connectivity index (χ3v) is 3.88. The number of nitrogens with zero attached hydrogens (tertiary/aromatic N) is 1. The van der Waals surface area contributed by atoms with Crippen LogP contribution in [-0.4, -0.2) is 34.0 Å². The zero-order valence-corrected chi connectivity index (χ0v) is 14.6. The molecule has 0 saturated heterocycles. The number of rotatable bonds is 6. The lowest BCUT2D eigenvalue weighted by Crippen LogP contribution is -2.38. The molecule has 1 amide bonds. The van der Waals surface area contributed by atoms with Gasteiger partial charge in [-0.1, -0.05) is 26.0 Å². The Balaban J connectivity index is 2.20. The van der Waals surface area contributed by atoms with Crippen molar-refractivity contribution in [2.75, 3.05) is 13.1 Å². The smallest absolute Gasteiger partial charge is 0.270 e. The second kappa shape index (κ2) is 7.62. The molecule has 0 radical (unpaired) electrons. The first kappa shape index (κ1) is 18.2. The third kappa shape index (κ3) is 4.45. The Morgan fingerprint density at radius 2 is 1.83 bits per heavy atom. The number of hydrogen-bond acceptors (Lipinski definition) is 2. The molecule has 1 heterocycles. The molecule has 1 atom stereocenters. The Kier molecular flexibility index (Phi) is 5.78. The van der Waals surface area contributed by atoms with Gasteiger partial charge in [0.2, 0.25) is 0 Å². The maximum Gasteiger partial charge on any atom is 0.270 e. The SMILES string of the molecule is Cc1cc(C)c(C(=O)N(CC(C)C)CC(O)c2ccc(F)cc2)[nH]1. The van der Waals surface area contributed by atoms with Crippen molar-refractivity contribution >= 4 is 5.91 Å². The molecule has 0 fully saturated rings. The molecule has 2 rings (SSSR count). The van der Waals surface area contributed by atoms with Crippen LogP contribution in [0.25, 0.3) is 0 Å². The molecule has 0 aliphatic rings. The number of carbonyl (C=O) groups is 1. The minimum atomic E-state index is -0.857. The molecular formula is C19H25FN2O2. The van der Waals surface area contributed by atoms with E-state index >= 15 is 0 Å². The third-order valence-electron chi connectivity index (χ3n) is 3.88. The van der Waals surface area contributed by atoms with E-state index in [9.17, 15) is 14.3 Å². The number of aryl methyl sites for hydroxylation is 2. The molecular weight excluding hydrogens is 307 g/mol. The molecule has 0 saturated carbocycles. The second-order valence-corrected chi connectivity index (χ2v) is 6.68. The first-order valence-corrected chi connectivity index (χ1v) is 8.17. The van der Waals surface area contributed by atoms with Gasteiger partial charge >= 0.3 is 0 Å². The van der Waals surface area contributed by atoms with E-state index in [1.165, 1.54) is 12.1 Å². The Morgan fingerprint density at radius 1 is 1.21 bits per heavy atom. The monoisotopic (exact) mass is 332 g/mol. The number of aliphatic hydroxyl groups is 1. The number of aliphatic hydroxyl groups excluding tert-OH is 1. The van der Waals surface area contributed by atoms with Crippen molar-refractivity contribution in [1.29, 1.82) is 0 Å². The summed E-state index contributed by atoms with van der Waals surface area (Å²) in [5.41, 5.74) is 2.97. The van der Waals surface area contributed by atoms with Crippen molar-refractivity contribution in [2.45, 2.75) is 33.8 Å². The fraction of sp³-hybridized carbons (Fsp3) is 0.421. The van der Waals surface area contributed by atoms with Crippen LogP contribution in [0.4, 0.5) is 4.39 Å². The topological polar surface area (TPSA) is 56.3 Å². The highest BCUT2D eigenvalue weighted by molar-refractivity contribution is 5.94. The predicted molar refractivity (Wildman–Crippen MR) is 92.4 cm³/mol. The molecule has 2 aromatic rings. The van der Waals surface area contributed by atoms with Crippen LogP contribution in [0.5, 0.6) is 0 Å². The number of H-pyrrole nitrogens is 1. The summed E-state index contributed by atoms with van der Waals surface area (Å²) in [6.45, 7) is 8.55. The van der Waals surface area contributed by atoms with Gasteiger partial charge in [0.15, 0.2) is 0 Å². The van der Waals surface area contributed by atoms with Gasteiger partial charge in [0.05, 0.1) is 12.6 Å². The lowest BCUT2D eigenvalue weighted by Gasteiger charge is -2.27. The number of hydrogen-bond donors (Lipinski definition) is 2. The summed E-state index contributed by atoms with van der Waals surface area (Å²) < 4.78 is 13.0. The van der Waals surface area contributed by atoms with Gasteiger partial charge in [-0.05, 0) is 49.1 Å². The van der Waals surface area contributed by atoms with Gasteiger partial charge in [-0.2, -0.15) is 0 Å². The van der Waals surface area contributed by atoms with Crippen molar-refractivity contribution in [2.24, 2.45) is 5.92 Å². The van der Waals surface area contributed by atoms with Crippen molar-refractivity contribution < 1.29 is 14.3 Å². The Hall–Kier alpha value is -2.14. The van der Waals surface area contributed by atoms with Crippen LogP contribution in [0.1, 0.15) is 47.3 Å². The van der Waals surface area contributed by atoms with Crippen LogP contribution in [-0.2, 0) is 0 Å². The minimum Gasteiger partial charge on any atom is -0.387 e. The summed E-state index contributed by atoms with van der Waals surface area (Å²) in [5, 5.41) is 10.4. The normalized spacial score (nSPS) is 12.5. The van der Waals surface area contributed by atoms with Crippen molar-refractivity contribution in [3.63, 3.8) is 0 Å². The van der Waals surface area contributed by atoms with E-state index < -0.39 is 6.10 Å². The zero-order chi connectivity index (χ0) is 17.9. The van der Waals surface area contributed by atoms with E-state index in [0.717, 1.165) is 11.3 Å². The molecule has 0 bridgehead atoms. The van der Waals surface area contributed by atoms with Gasteiger partial charge in [0, 0.05) is 12.2 Å². The van der Waals surface area contributed by atoms with Crippen LogP contribution in [0.2, 0.25) is 0 Å². The largest absolute Gasteiger partial charge is 0.387 e. The molecule has 0 spiro atoms. The van der Waals surface area contributed by atoms with Gasteiger partial charge in [0.25, 0.3) is 5.91 Å². The quantitative estimate of drug-likeness (QED) is 0.849. The summed E-state index contributed by atoms with van der Waals surface area (Å²) in [6, 6.07) is 7.64. The molecule has 4 nitrogen and oxygen atoms in total. The number of nitrogens with one attached hydrogen (secondary N) is 1. The second-order valence-electron chi connectivity index (χ2n) is 6.68. The number of halogens is 1. The van der Waals surface area contributed by atoms with Crippen LogP contribution >= 0.6 is 0 Å². The standard InChI is InChI=1S/C19H25FN2O2/c1-12(2)10-22(19(24)18-13(3)9-14(4)21-18)11-17(23)15-5-7-16(20)8-6-15/h5-9,12,17,21,23H,10-11H2,1-4H3. The first-order chi connectivity index (χ1) is 11.3. The summed E-state index contributed by atoms with van der Waals surface area (Å²) in [6.07, 6.45) is -0.857. The van der Waals surface area contributed by atoms with Crippen molar-refractivity contribution in [3.05, 3.63) is 58.7 Å². The average Bonchev–Trinajstić information content (AvgIpc) is 2.84. The van der Waals surface area contributed by atoms with Crippen LogP contribution in [0.15, 0.2) is 30.3 Å². The van der Waals surface area contributed by atoms with Gasteiger partial charge in [-0.15, -0.1) is 0 Å². The molecule has 1 unspecified atom stereocenters. The van der Waals surface area contributed by atoms with Crippen LogP contribution < -0.4 is 0 Å². The van der Waals surface area contributed by atoms with Gasteiger partial charge in [0.1, 0.15) is 11.5 Å². The maximum absolute atomic E-state index is 13.0. The Bertz CT molecular complexity index is 692. The van der Waals surface area contributed by atoms with E-state index in [1.807, 2.05) is 33.8 Å². The molecule has 1 aromatic heterocycles. The first-order valence-electron chi connectivity index (χ1n) is 8.17.